The molecule has 2 N–H and O–H groups in total. The fourth-order valence-corrected chi connectivity index (χ4v) is 2.44. The molecule has 1 aliphatic rings. The second kappa shape index (κ2) is 6.21. The van der Waals surface area contributed by atoms with Gasteiger partial charge in [-0.1, -0.05) is 18.2 Å². The van der Waals surface area contributed by atoms with Crippen molar-refractivity contribution >= 4 is 0 Å². The van der Waals surface area contributed by atoms with Gasteiger partial charge in [0.2, 0.25) is 0 Å². The van der Waals surface area contributed by atoms with Gasteiger partial charge in [-0.2, -0.15) is 0 Å². The molecular weight excluding hydrogens is 224 g/mol. The summed E-state index contributed by atoms with van der Waals surface area (Å²) in [6.45, 7) is 8.53. The molecule has 3 nitrogen and oxygen atoms in total. The van der Waals surface area contributed by atoms with Crippen molar-refractivity contribution in [1.29, 1.82) is 0 Å². The summed E-state index contributed by atoms with van der Waals surface area (Å²) in [5, 5.41) is 7.05. The van der Waals surface area contributed by atoms with Crippen molar-refractivity contribution < 1.29 is 4.74 Å². The van der Waals surface area contributed by atoms with Crippen molar-refractivity contribution in [3.63, 3.8) is 0 Å². The molecule has 2 unspecified atom stereocenters. The summed E-state index contributed by atoms with van der Waals surface area (Å²) in [5.74, 6) is 0.999. The van der Waals surface area contributed by atoms with Crippen LogP contribution in [-0.2, 0) is 0 Å². The molecule has 1 fully saturated rings. The number of nitrogens with one attached hydrogen (secondary N) is 2. The van der Waals surface area contributed by atoms with Gasteiger partial charge in [0.1, 0.15) is 5.75 Å². The average molecular weight is 248 g/mol. The van der Waals surface area contributed by atoms with E-state index in [0.29, 0.717) is 12.1 Å². The summed E-state index contributed by atoms with van der Waals surface area (Å²) in [6.07, 6.45) is 1.42. The summed E-state index contributed by atoms with van der Waals surface area (Å²) < 4.78 is 5.88. The van der Waals surface area contributed by atoms with Gasteiger partial charge in [-0.25, -0.2) is 0 Å². The number of ether oxygens (including phenoxy) is 1. The largest absolute Gasteiger partial charge is 0.491 e. The molecule has 2 atom stereocenters. The second-order valence-electron chi connectivity index (χ2n) is 5.28. The number of para-hydroxylation sites is 1. The van der Waals surface area contributed by atoms with Crippen LogP contribution in [-0.4, -0.2) is 25.2 Å². The molecule has 0 radical (unpaired) electrons. The molecular formula is C15H24N2O. The van der Waals surface area contributed by atoms with Crippen molar-refractivity contribution in [1.82, 2.24) is 10.6 Å². The standard InChI is InChI=1S/C15H24N2O/c1-11(2)18-15-7-5-4-6-14(15)12(3)17-13-8-9-16-10-13/h4-7,11-13,16-17H,8-10H2,1-3H3. The van der Waals surface area contributed by atoms with Crippen molar-refractivity contribution in [3.8, 4) is 5.75 Å². The molecule has 1 aromatic carbocycles. The van der Waals surface area contributed by atoms with Gasteiger partial charge in [-0.3, -0.25) is 0 Å². The van der Waals surface area contributed by atoms with Crippen LogP contribution in [0.15, 0.2) is 24.3 Å². The average Bonchev–Trinajstić information content (AvgIpc) is 2.81. The highest BCUT2D eigenvalue weighted by molar-refractivity contribution is 5.35. The van der Waals surface area contributed by atoms with Gasteiger partial charge in [0, 0.05) is 24.2 Å². The first-order valence-electron chi connectivity index (χ1n) is 6.89. The molecule has 0 aromatic heterocycles. The Bertz CT molecular complexity index is 373. The van der Waals surface area contributed by atoms with Crippen molar-refractivity contribution in [3.05, 3.63) is 29.8 Å². The van der Waals surface area contributed by atoms with Crippen molar-refractivity contribution in [2.45, 2.75) is 45.4 Å². The van der Waals surface area contributed by atoms with Gasteiger partial charge in [0.05, 0.1) is 6.10 Å². The Morgan fingerprint density at radius 1 is 1.28 bits per heavy atom. The van der Waals surface area contributed by atoms with Gasteiger partial charge in [0.25, 0.3) is 0 Å². The summed E-state index contributed by atoms with van der Waals surface area (Å²) in [7, 11) is 0. The van der Waals surface area contributed by atoms with Gasteiger partial charge in [-0.15, -0.1) is 0 Å². The van der Waals surface area contributed by atoms with Crippen LogP contribution >= 0.6 is 0 Å². The summed E-state index contributed by atoms with van der Waals surface area (Å²) in [4.78, 5) is 0. The monoisotopic (exact) mass is 248 g/mol. The lowest BCUT2D eigenvalue weighted by molar-refractivity contribution is 0.237. The zero-order valence-corrected chi connectivity index (χ0v) is 11.6. The van der Waals surface area contributed by atoms with Crippen LogP contribution in [0, 0.1) is 0 Å². The van der Waals surface area contributed by atoms with Crippen LogP contribution in [0.4, 0.5) is 0 Å². The van der Waals surface area contributed by atoms with Gasteiger partial charge >= 0.3 is 0 Å². The quantitative estimate of drug-likeness (QED) is 0.840. The lowest BCUT2D eigenvalue weighted by Gasteiger charge is -2.22. The van der Waals surface area contributed by atoms with Crippen LogP contribution in [0.1, 0.15) is 38.8 Å². The Morgan fingerprint density at radius 2 is 2.06 bits per heavy atom. The molecule has 1 aliphatic heterocycles. The highest BCUT2D eigenvalue weighted by atomic mass is 16.5. The zero-order chi connectivity index (χ0) is 13.0. The SMILES string of the molecule is CC(C)Oc1ccccc1C(C)NC1CCNC1. The van der Waals surface area contributed by atoms with Crippen LogP contribution in [0.25, 0.3) is 0 Å². The van der Waals surface area contributed by atoms with E-state index >= 15 is 0 Å². The zero-order valence-electron chi connectivity index (χ0n) is 11.6. The Labute approximate surface area is 110 Å². The third kappa shape index (κ3) is 3.47. The first-order chi connectivity index (χ1) is 8.66. The maximum atomic E-state index is 5.88. The number of benzene rings is 1. The molecule has 0 bridgehead atoms. The molecule has 3 heteroatoms. The molecule has 1 heterocycles. The van der Waals surface area contributed by atoms with E-state index in [1.807, 2.05) is 6.07 Å². The molecule has 1 aromatic rings. The summed E-state index contributed by atoms with van der Waals surface area (Å²) in [6, 6.07) is 9.22. The van der Waals surface area contributed by atoms with E-state index in [9.17, 15) is 0 Å². The minimum atomic E-state index is 0.214. The number of hydrogen-bond acceptors (Lipinski definition) is 3. The van der Waals surface area contributed by atoms with E-state index in [2.05, 4.69) is 49.6 Å². The van der Waals surface area contributed by atoms with Crippen molar-refractivity contribution in [2.24, 2.45) is 0 Å². The van der Waals surface area contributed by atoms with E-state index < -0.39 is 0 Å². The van der Waals surface area contributed by atoms with Gasteiger partial charge in [0.15, 0.2) is 0 Å². The molecule has 0 saturated carbocycles. The van der Waals surface area contributed by atoms with E-state index in [1.54, 1.807) is 0 Å². The third-order valence-electron chi connectivity index (χ3n) is 3.29. The maximum Gasteiger partial charge on any atom is 0.124 e. The minimum absolute atomic E-state index is 0.214. The van der Waals surface area contributed by atoms with Crippen LogP contribution < -0.4 is 15.4 Å². The molecule has 0 aliphatic carbocycles. The van der Waals surface area contributed by atoms with Crippen LogP contribution in [0.3, 0.4) is 0 Å². The van der Waals surface area contributed by atoms with E-state index in [0.717, 1.165) is 18.8 Å². The fourth-order valence-electron chi connectivity index (χ4n) is 2.44. The maximum absolute atomic E-state index is 5.88. The Morgan fingerprint density at radius 3 is 2.72 bits per heavy atom. The fraction of sp³-hybridized carbons (Fsp3) is 0.600. The highest BCUT2D eigenvalue weighted by Crippen LogP contribution is 2.26. The second-order valence-corrected chi connectivity index (χ2v) is 5.28. The Kier molecular flexibility index (Phi) is 4.61. The normalized spacial score (nSPS) is 21.2. The van der Waals surface area contributed by atoms with Crippen LogP contribution in [0.2, 0.25) is 0 Å². The lowest BCUT2D eigenvalue weighted by atomic mass is 10.1. The third-order valence-corrected chi connectivity index (χ3v) is 3.29. The molecule has 0 spiro atoms. The molecule has 2 rings (SSSR count). The molecule has 18 heavy (non-hydrogen) atoms. The van der Waals surface area contributed by atoms with E-state index in [1.165, 1.54) is 12.0 Å². The Hall–Kier alpha value is -1.06. The predicted octanol–water partition coefficient (Wildman–Crippen LogP) is 2.49. The first-order valence-corrected chi connectivity index (χ1v) is 6.89. The Balaban J connectivity index is 2.05. The van der Waals surface area contributed by atoms with Crippen LogP contribution in [0.5, 0.6) is 5.75 Å². The molecule has 100 valence electrons. The number of rotatable bonds is 5. The van der Waals surface area contributed by atoms with Gasteiger partial charge < -0.3 is 15.4 Å². The lowest BCUT2D eigenvalue weighted by Crippen LogP contribution is -2.33. The number of hydrogen-bond donors (Lipinski definition) is 2. The molecule has 1 saturated heterocycles. The van der Waals surface area contributed by atoms with Crippen molar-refractivity contribution in [2.75, 3.05) is 13.1 Å². The summed E-state index contributed by atoms with van der Waals surface area (Å²) >= 11 is 0. The predicted molar refractivity (Wildman–Crippen MR) is 75.0 cm³/mol. The smallest absolute Gasteiger partial charge is 0.124 e. The van der Waals surface area contributed by atoms with E-state index in [4.69, 9.17) is 4.74 Å². The topological polar surface area (TPSA) is 33.3 Å². The first kappa shape index (κ1) is 13.4. The molecule has 0 amide bonds. The highest BCUT2D eigenvalue weighted by Gasteiger charge is 2.19. The minimum Gasteiger partial charge on any atom is -0.491 e. The van der Waals surface area contributed by atoms with Gasteiger partial charge in [-0.05, 0) is 39.8 Å². The van der Waals surface area contributed by atoms with E-state index in [-0.39, 0.29) is 6.10 Å². The summed E-state index contributed by atoms with van der Waals surface area (Å²) in [5.41, 5.74) is 1.25.